The summed E-state index contributed by atoms with van der Waals surface area (Å²) in [6, 6.07) is 17.4. The van der Waals surface area contributed by atoms with Crippen molar-refractivity contribution < 1.29 is 9.52 Å². The maximum Gasteiger partial charge on any atom is 0.336 e. The minimum Gasteiger partial charge on any atom is -0.508 e. The average molecular weight is 404 g/mol. The maximum atomic E-state index is 10.7. The predicted molar refractivity (Wildman–Crippen MR) is 119 cm³/mol. The van der Waals surface area contributed by atoms with Crippen molar-refractivity contribution in [3.63, 3.8) is 0 Å². The molecule has 156 valence electrons. The number of piperidine rings is 1. The van der Waals surface area contributed by atoms with Gasteiger partial charge in [-0.05, 0) is 80.6 Å². The molecule has 1 aliphatic heterocycles. The van der Waals surface area contributed by atoms with Crippen molar-refractivity contribution >= 4 is 11.0 Å². The minimum absolute atomic E-state index is 0.302. The first-order valence-electron chi connectivity index (χ1n) is 11.1. The molecule has 2 bridgehead atoms. The summed E-state index contributed by atoms with van der Waals surface area (Å²) in [6.45, 7) is 1.22. The fraction of sp³-hybridized carbons (Fsp3) is 0.423. The molecule has 0 unspecified atom stereocenters. The highest BCUT2D eigenvalue weighted by Crippen LogP contribution is 2.55. The number of fused-ring (bicyclic) bond motifs is 2. The molecule has 1 saturated carbocycles. The van der Waals surface area contributed by atoms with Crippen LogP contribution in [0.15, 0.2) is 63.8 Å². The Morgan fingerprint density at radius 2 is 1.93 bits per heavy atom. The molecule has 0 amide bonds. The predicted octanol–water partition coefficient (Wildman–Crippen LogP) is 4.87. The van der Waals surface area contributed by atoms with Gasteiger partial charge in [0.05, 0.1) is 0 Å². The van der Waals surface area contributed by atoms with Gasteiger partial charge in [-0.15, -0.1) is 0 Å². The number of aromatic hydroxyl groups is 1. The van der Waals surface area contributed by atoms with Gasteiger partial charge in [0.1, 0.15) is 11.3 Å². The second kappa shape index (κ2) is 7.59. The standard InChI is InChI=1S/C17H23NO.C9H6O2/c1-18-9-8-17-7-3-2-4-14(17)16(18)10-12-5-6-13(19)11-15(12)17;10-9-6-5-7-3-1-2-4-8(7)11-9/h5-6,11,14,16,19H,2-4,7-10H2,1H3;1-6H/t14-,16+,17+;/m0./s1. The highest BCUT2D eigenvalue weighted by Gasteiger charge is 2.52. The zero-order valence-electron chi connectivity index (χ0n) is 17.5. The lowest BCUT2D eigenvalue weighted by Gasteiger charge is -2.58. The van der Waals surface area contributed by atoms with Crippen LogP contribution in [0.4, 0.5) is 0 Å². The molecule has 0 radical (unpaired) electrons. The van der Waals surface area contributed by atoms with Crippen LogP contribution in [0, 0.1) is 5.92 Å². The van der Waals surface area contributed by atoms with E-state index in [9.17, 15) is 9.90 Å². The Kier molecular flexibility index (Phi) is 4.90. The lowest BCUT2D eigenvalue weighted by Crippen LogP contribution is -2.59. The molecule has 2 aliphatic carbocycles. The molecular formula is C26H29NO3. The zero-order chi connectivity index (χ0) is 20.7. The van der Waals surface area contributed by atoms with E-state index in [2.05, 4.69) is 24.1 Å². The average Bonchev–Trinajstić information content (AvgIpc) is 2.77. The quantitative estimate of drug-likeness (QED) is 0.544. The third kappa shape index (κ3) is 3.24. The van der Waals surface area contributed by atoms with E-state index < -0.39 is 0 Å². The zero-order valence-corrected chi connectivity index (χ0v) is 17.5. The van der Waals surface area contributed by atoms with Crippen LogP contribution in [-0.4, -0.2) is 29.6 Å². The summed E-state index contributed by atoms with van der Waals surface area (Å²) in [4.78, 5) is 13.3. The van der Waals surface area contributed by atoms with Gasteiger partial charge in [0.2, 0.25) is 0 Å². The van der Waals surface area contributed by atoms with Crippen LogP contribution in [0.25, 0.3) is 11.0 Å². The Balaban J connectivity index is 0.000000149. The molecule has 3 aliphatic rings. The molecule has 4 heteroatoms. The van der Waals surface area contributed by atoms with Crippen LogP contribution in [0.1, 0.15) is 43.2 Å². The summed E-state index contributed by atoms with van der Waals surface area (Å²) in [5.41, 5.74) is 3.69. The van der Waals surface area contributed by atoms with Gasteiger partial charge >= 0.3 is 5.63 Å². The third-order valence-corrected chi connectivity index (χ3v) is 7.63. The van der Waals surface area contributed by atoms with Crippen LogP contribution in [0.3, 0.4) is 0 Å². The van der Waals surface area contributed by atoms with Gasteiger partial charge in [-0.2, -0.15) is 0 Å². The number of rotatable bonds is 0. The third-order valence-electron chi connectivity index (χ3n) is 7.63. The van der Waals surface area contributed by atoms with E-state index in [0.29, 0.717) is 16.7 Å². The van der Waals surface area contributed by atoms with Gasteiger partial charge in [-0.3, -0.25) is 0 Å². The van der Waals surface area contributed by atoms with Crippen molar-refractivity contribution in [3.8, 4) is 5.75 Å². The Labute approximate surface area is 177 Å². The molecule has 1 N–H and O–H groups in total. The Morgan fingerprint density at radius 1 is 1.07 bits per heavy atom. The molecule has 1 aromatic heterocycles. The van der Waals surface area contributed by atoms with Crippen molar-refractivity contribution in [3.05, 3.63) is 76.1 Å². The first-order valence-corrected chi connectivity index (χ1v) is 11.1. The lowest BCUT2D eigenvalue weighted by atomic mass is 9.52. The van der Waals surface area contributed by atoms with Gasteiger partial charge in [-0.1, -0.05) is 37.1 Å². The Bertz CT molecular complexity index is 1120. The van der Waals surface area contributed by atoms with Crippen molar-refractivity contribution in [2.45, 2.75) is 50.0 Å². The lowest BCUT2D eigenvalue weighted by molar-refractivity contribution is 0.00274. The van der Waals surface area contributed by atoms with Gasteiger partial charge in [0, 0.05) is 22.9 Å². The number of phenols is 1. The van der Waals surface area contributed by atoms with E-state index in [4.69, 9.17) is 4.42 Å². The normalized spacial score (nSPS) is 27.5. The fourth-order valence-electron chi connectivity index (χ4n) is 6.20. The monoisotopic (exact) mass is 403 g/mol. The molecule has 2 aromatic carbocycles. The summed E-state index contributed by atoms with van der Waals surface area (Å²) in [7, 11) is 2.30. The number of benzene rings is 2. The van der Waals surface area contributed by atoms with Crippen LogP contribution in [0.2, 0.25) is 0 Å². The molecule has 3 aromatic rings. The van der Waals surface area contributed by atoms with Gasteiger partial charge in [-0.25, -0.2) is 4.79 Å². The van der Waals surface area contributed by atoms with E-state index in [1.54, 1.807) is 12.1 Å². The molecule has 30 heavy (non-hydrogen) atoms. The number of para-hydroxylation sites is 1. The van der Waals surface area contributed by atoms with E-state index in [1.807, 2.05) is 24.3 Å². The fourth-order valence-corrected chi connectivity index (χ4v) is 6.20. The Morgan fingerprint density at radius 3 is 2.83 bits per heavy atom. The summed E-state index contributed by atoms with van der Waals surface area (Å²) in [5, 5.41) is 10.9. The summed E-state index contributed by atoms with van der Waals surface area (Å²) in [6.07, 6.45) is 7.93. The maximum absolute atomic E-state index is 10.7. The van der Waals surface area contributed by atoms with Gasteiger partial charge < -0.3 is 14.4 Å². The molecule has 2 fully saturated rings. The highest BCUT2D eigenvalue weighted by molar-refractivity contribution is 5.75. The summed E-state index contributed by atoms with van der Waals surface area (Å²) < 4.78 is 4.91. The largest absolute Gasteiger partial charge is 0.508 e. The number of likely N-dealkylation sites (N-methyl/N-ethyl adjacent to an activating group) is 1. The smallest absolute Gasteiger partial charge is 0.336 e. The van der Waals surface area contributed by atoms with Crippen molar-refractivity contribution in [2.75, 3.05) is 13.6 Å². The number of phenolic OH excluding ortho intramolecular Hbond substituents is 1. The van der Waals surface area contributed by atoms with Crippen LogP contribution < -0.4 is 5.63 Å². The Hall–Kier alpha value is -2.59. The first kappa shape index (κ1) is 19.4. The summed E-state index contributed by atoms with van der Waals surface area (Å²) in [5.74, 6) is 1.27. The molecule has 4 nitrogen and oxygen atoms in total. The summed E-state index contributed by atoms with van der Waals surface area (Å²) >= 11 is 0. The van der Waals surface area contributed by atoms with Crippen LogP contribution in [-0.2, 0) is 11.8 Å². The SMILES string of the molecule is CN1CC[C@]23CCCC[C@H]2[C@H]1Cc1ccc(O)cc13.O=c1ccc2ccccc2o1. The van der Waals surface area contributed by atoms with Crippen molar-refractivity contribution in [2.24, 2.45) is 5.92 Å². The molecule has 3 atom stereocenters. The number of hydrogen-bond acceptors (Lipinski definition) is 4. The topological polar surface area (TPSA) is 53.7 Å². The second-order valence-corrected chi connectivity index (χ2v) is 9.14. The first-order chi connectivity index (χ1) is 14.6. The second-order valence-electron chi connectivity index (χ2n) is 9.14. The molecule has 6 rings (SSSR count). The highest BCUT2D eigenvalue weighted by atomic mass is 16.4. The van der Waals surface area contributed by atoms with E-state index in [1.165, 1.54) is 62.3 Å². The van der Waals surface area contributed by atoms with E-state index >= 15 is 0 Å². The number of likely N-dealkylation sites (tertiary alicyclic amines) is 1. The number of nitrogens with zero attached hydrogens (tertiary/aromatic N) is 1. The van der Waals surface area contributed by atoms with Crippen LogP contribution in [0.5, 0.6) is 5.75 Å². The molecule has 0 spiro atoms. The van der Waals surface area contributed by atoms with Gasteiger partial charge in [0.25, 0.3) is 0 Å². The minimum atomic E-state index is -0.302. The van der Waals surface area contributed by atoms with E-state index in [-0.39, 0.29) is 5.63 Å². The number of hydrogen-bond donors (Lipinski definition) is 1. The van der Waals surface area contributed by atoms with Gasteiger partial charge in [0.15, 0.2) is 0 Å². The van der Waals surface area contributed by atoms with Crippen molar-refractivity contribution in [1.82, 2.24) is 4.90 Å². The van der Waals surface area contributed by atoms with Crippen molar-refractivity contribution in [1.29, 1.82) is 0 Å². The molecule has 1 saturated heterocycles. The molecular weight excluding hydrogens is 374 g/mol. The molecule has 2 heterocycles. The van der Waals surface area contributed by atoms with E-state index in [0.717, 1.165) is 17.3 Å². The van der Waals surface area contributed by atoms with Crippen LogP contribution >= 0.6 is 0 Å².